The number of nitro groups is 1. The number of hydrogen-bond acceptors (Lipinski definition) is 6. The molecule has 0 saturated carbocycles. The van der Waals surface area contributed by atoms with Crippen molar-refractivity contribution in [2.75, 3.05) is 0 Å². The minimum Gasteiger partial charge on any atom is -0.452 e. The average molecular weight is 274 g/mol. The molecule has 102 valence electrons. The van der Waals surface area contributed by atoms with Gasteiger partial charge in [0.05, 0.1) is 6.20 Å². The van der Waals surface area contributed by atoms with E-state index < -0.39 is 10.8 Å². The quantitative estimate of drug-likeness (QED) is 0.667. The maximum atomic E-state index is 11.0. The largest absolute Gasteiger partial charge is 0.452 e. The van der Waals surface area contributed by atoms with Gasteiger partial charge in [0.1, 0.15) is 11.4 Å². The molecule has 0 aliphatic heterocycles. The van der Waals surface area contributed by atoms with E-state index in [0.717, 1.165) is 0 Å². The second-order valence-corrected chi connectivity index (χ2v) is 3.91. The van der Waals surface area contributed by atoms with E-state index in [1.165, 1.54) is 24.5 Å². The van der Waals surface area contributed by atoms with Gasteiger partial charge in [-0.3, -0.25) is 4.79 Å². The Morgan fingerprint density at radius 2 is 2.00 bits per heavy atom. The molecular formula is C12H10N4O4. The number of nitrogens with two attached hydrogens (primary N) is 1. The summed E-state index contributed by atoms with van der Waals surface area (Å²) in [5.74, 6) is -0.187. The van der Waals surface area contributed by atoms with E-state index in [2.05, 4.69) is 9.97 Å². The molecule has 8 nitrogen and oxygen atoms in total. The summed E-state index contributed by atoms with van der Waals surface area (Å²) in [5.41, 5.74) is 5.89. The van der Waals surface area contributed by atoms with Crippen LogP contribution in [-0.4, -0.2) is 20.8 Å². The van der Waals surface area contributed by atoms with Gasteiger partial charge in [0.25, 0.3) is 5.91 Å². The first kappa shape index (κ1) is 13.4. The number of aryl methyl sites for hydroxylation is 1. The molecule has 20 heavy (non-hydrogen) atoms. The molecule has 1 amide bonds. The van der Waals surface area contributed by atoms with Crippen molar-refractivity contribution in [2.45, 2.75) is 6.92 Å². The molecule has 0 bridgehead atoms. The molecule has 0 spiro atoms. The molecule has 2 heterocycles. The highest BCUT2D eigenvalue weighted by Gasteiger charge is 2.10. The van der Waals surface area contributed by atoms with Crippen molar-refractivity contribution < 1.29 is 14.5 Å². The highest BCUT2D eigenvalue weighted by Crippen LogP contribution is 2.22. The fourth-order valence-corrected chi connectivity index (χ4v) is 1.54. The van der Waals surface area contributed by atoms with Crippen LogP contribution in [0, 0.1) is 17.0 Å². The number of primary amides is 1. The van der Waals surface area contributed by atoms with Gasteiger partial charge in [-0.25, -0.2) is 4.98 Å². The van der Waals surface area contributed by atoms with Gasteiger partial charge in [0, 0.05) is 6.07 Å². The molecule has 0 aliphatic carbocycles. The van der Waals surface area contributed by atoms with Gasteiger partial charge in [-0.15, -0.1) is 0 Å². The number of ether oxygens (including phenoxy) is 1. The Hall–Kier alpha value is -3.03. The summed E-state index contributed by atoms with van der Waals surface area (Å²) >= 11 is 0. The second-order valence-electron chi connectivity index (χ2n) is 3.91. The first-order chi connectivity index (χ1) is 9.47. The van der Waals surface area contributed by atoms with Crippen LogP contribution in [0.4, 0.5) is 5.82 Å². The van der Waals surface area contributed by atoms with Crippen molar-refractivity contribution >= 4 is 11.7 Å². The standard InChI is InChI=1S/C12H10N4O4/c1-7-4-9(6-15-11(7)12(13)17)20-8-2-3-10(14-5-8)16(18)19/h2-6H,1H3,(H2,13,17). The Bertz CT molecular complexity index is 670. The van der Waals surface area contributed by atoms with Crippen LogP contribution in [0.15, 0.2) is 30.6 Å². The summed E-state index contributed by atoms with van der Waals surface area (Å²) in [6.07, 6.45) is 2.57. The Balaban J connectivity index is 2.19. The van der Waals surface area contributed by atoms with Crippen LogP contribution >= 0.6 is 0 Å². The van der Waals surface area contributed by atoms with Crippen molar-refractivity contribution in [1.29, 1.82) is 0 Å². The summed E-state index contributed by atoms with van der Waals surface area (Å²) in [5, 5.41) is 10.5. The molecule has 8 heteroatoms. The number of aromatic nitrogens is 2. The van der Waals surface area contributed by atoms with Gasteiger partial charge in [-0.05, 0) is 34.5 Å². The van der Waals surface area contributed by atoms with Crippen LogP contribution in [0.25, 0.3) is 0 Å². The summed E-state index contributed by atoms with van der Waals surface area (Å²) in [6.45, 7) is 1.67. The van der Waals surface area contributed by atoms with Crippen LogP contribution in [0.5, 0.6) is 11.5 Å². The zero-order chi connectivity index (χ0) is 14.7. The maximum absolute atomic E-state index is 11.0. The number of nitrogens with zero attached hydrogens (tertiary/aromatic N) is 3. The van der Waals surface area contributed by atoms with Crippen molar-refractivity contribution in [3.63, 3.8) is 0 Å². The molecule has 2 aromatic rings. The lowest BCUT2D eigenvalue weighted by molar-refractivity contribution is -0.389. The normalized spacial score (nSPS) is 10.1. The van der Waals surface area contributed by atoms with Crippen LogP contribution in [-0.2, 0) is 0 Å². The molecule has 0 unspecified atom stereocenters. The van der Waals surface area contributed by atoms with E-state index >= 15 is 0 Å². The fourth-order valence-electron chi connectivity index (χ4n) is 1.54. The summed E-state index contributed by atoms with van der Waals surface area (Å²) in [7, 11) is 0. The van der Waals surface area contributed by atoms with Crippen molar-refractivity contribution in [3.05, 3.63) is 52.0 Å². The van der Waals surface area contributed by atoms with Crippen LogP contribution < -0.4 is 10.5 Å². The van der Waals surface area contributed by atoms with E-state index in [9.17, 15) is 14.9 Å². The molecule has 0 saturated heterocycles. The van der Waals surface area contributed by atoms with Crippen LogP contribution in [0.1, 0.15) is 16.1 Å². The van der Waals surface area contributed by atoms with E-state index in [-0.39, 0.29) is 11.5 Å². The second kappa shape index (κ2) is 5.31. The molecule has 0 fully saturated rings. The third-order valence-electron chi connectivity index (χ3n) is 2.43. The van der Waals surface area contributed by atoms with E-state index in [1.807, 2.05) is 0 Å². The molecular weight excluding hydrogens is 264 g/mol. The molecule has 0 aromatic carbocycles. The summed E-state index contributed by atoms with van der Waals surface area (Å²) in [4.78, 5) is 28.4. The molecule has 2 N–H and O–H groups in total. The van der Waals surface area contributed by atoms with Crippen molar-refractivity contribution in [3.8, 4) is 11.5 Å². The minimum atomic E-state index is -0.619. The number of rotatable bonds is 4. The van der Waals surface area contributed by atoms with Gasteiger partial charge in [-0.2, -0.15) is 0 Å². The third-order valence-corrected chi connectivity index (χ3v) is 2.43. The van der Waals surface area contributed by atoms with Gasteiger partial charge < -0.3 is 20.6 Å². The Labute approximate surface area is 113 Å². The third kappa shape index (κ3) is 2.86. The van der Waals surface area contributed by atoms with Gasteiger partial charge in [0.15, 0.2) is 11.9 Å². The number of amides is 1. The molecule has 0 atom stereocenters. The van der Waals surface area contributed by atoms with Crippen molar-refractivity contribution in [1.82, 2.24) is 9.97 Å². The number of carbonyl (C=O) groups excluding carboxylic acids is 1. The zero-order valence-electron chi connectivity index (χ0n) is 10.4. The monoisotopic (exact) mass is 274 g/mol. The van der Waals surface area contributed by atoms with Gasteiger partial charge >= 0.3 is 5.82 Å². The topological polar surface area (TPSA) is 121 Å². The fraction of sp³-hybridized carbons (Fsp3) is 0.0833. The van der Waals surface area contributed by atoms with Gasteiger partial charge in [-0.1, -0.05) is 0 Å². The van der Waals surface area contributed by atoms with Crippen LogP contribution in [0.3, 0.4) is 0 Å². The first-order valence-corrected chi connectivity index (χ1v) is 5.52. The molecule has 0 aliphatic rings. The predicted molar refractivity (Wildman–Crippen MR) is 68.5 cm³/mol. The summed E-state index contributed by atoms with van der Waals surface area (Å²) < 4.78 is 5.43. The lowest BCUT2D eigenvalue weighted by atomic mass is 10.2. The van der Waals surface area contributed by atoms with Crippen molar-refractivity contribution in [2.24, 2.45) is 5.73 Å². The number of hydrogen-bond donors (Lipinski definition) is 1. The SMILES string of the molecule is Cc1cc(Oc2ccc([N+](=O)[O-])nc2)cnc1C(N)=O. The predicted octanol–water partition coefficient (Wildman–Crippen LogP) is 1.58. The summed E-state index contributed by atoms with van der Waals surface area (Å²) in [6, 6.07) is 4.24. The van der Waals surface area contributed by atoms with Crippen LogP contribution in [0.2, 0.25) is 0 Å². The smallest absolute Gasteiger partial charge is 0.363 e. The lowest BCUT2D eigenvalue weighted by Gasteiger charge is -2.06. The van der Waals surface area contributed by atoms with E-state index in [0.29, 0.717) is 17.1 Å². The zero-order valence-corrected chi connectivity index (χ0v) is 10.4. The van der Waals surface area contributed by atoms with E-state index in [4.69, 9.17) is 10.5 Å². The highest BCUT2D eigenvalue weighted by molar-refractivity contribution is 5.92. The Morgan fingerprint density at radius 3 is 2.50 bits per heavy atom. The Kier molecular flexibility index (Phi) is 3.56. The van der Waals surface area contributed by atoms with E-state index in [1.54, 1.807) is 13.0 Å². The minimum absolute atomic E-state index is 0.166. The molecule has 2 aromatic heterocycles. The average Bonchev–Trinajstić information content (AvgIpc) is 2.39. The maximum Gasteiger partial charge on any atom is 0.363 e. The lowest BCUT2D eigenvalue weighted by Crippen LogP contribution is -2.14. The Morgan fingerprint density at radius 1 is 1.30 bits per heavy atom. The number of pyridine rings is 2. The molecule has 2 rings (SSSR count). The van der Waals surface area contributed by atoms with Gasteiger partial charge in [0.2, 0.25) is 0 Å². The first-order valence-electron chi connectivity index (χ1n) is 5.52. The highest BCUT2D eigenvalue weighted by atomic mass is 16.6. The molecule has 0 radical (unpaired) electrons. The number of carbonyl (C=O) groups is 1.